The van der Waals surface area contributed by atoms with Gasteiger partial charge in [-0.15, -0.1) is 10.2 Å². The maximum Gasteiger partial charge on any atom is 0.223 e. The molecule has 2 heterocycles. The first-order valence-electron chi connectivity index (χ1n) is 7.38. The number of hydrogen-bond donors (Lipinski definition) is 1. The van der Waals surface area contributed by atoms with Crippen molar-refractivity contribution < 1.29 is 4.79 Å². The number of rotatable bonds is 6. The number of amides is 1. The van der Waals surface area contributed by atoms with Gasteiger partial charge in [-0.25, -0.2) is 0 Å². The van der Waals surface area contributed by atoms with Crippen molar-refractivity contribution in [2.75, 3.05) is 12.0 Å². The Morgan fingerprint density at radius 3 is 3.05 bits per heavy atom. The Balaban J connectivity index is 1.82. The second kappa shape index (κ2) is 6.47. The molecule has 1 aliphatic carbocycles. The molecule has 1 atom stereocenters. The predicted molar refractivity (Wildman–Crippen MR) is 84.2 cm³/mol. The summed E-state index contributed by atoms with van der Waals surface area (Å²) in [6.45, 7) is 0. The van der Waals surface area contributed by atoms with Crippen molar-refractivity contribution in [2.24, 2.45) is 5.92 Å². The molecule has 3 rings (SSSR count). The van der Waals surface area contributed by atoms with Gasteiger partial charge < -0.3 is 5.32 Å². The molecule has 5 nitrogen and oxygen atoms in total. The molecule has 0 bridgehead atoms. The fraction of sp³-hybridized carbons (Fsp3) is 0.533. The molecule has 1 N–H and O–H groups in total. The summed E-state index contributed by atoms with van der Waals surface area (Å²) in [6.07, 6.45) is 8.10. The number of pyridine rings is 1. The number of carbonyl (C=O) groups is 1. The average molecular weight is 304 g/mol. The highest BCUT2D eigenvalue weighted by molar-refractivity contribution is 7.98. The van der Waals surface area contributed by atoms with Crippen LogP contribution in [0.25, 0.3) is 5.65 Å². The van der Waals surface area contributed by atoms with E-state index in [0.717, 1.165) is 36.5 Å². The number of aromatic nitrogens is 3. The summed E-state index contributed by atoms with van der Waals surface area (Å²) in [5.74, 6) is 2.17. The molecule has 2 aromatic heterocycles. The summed E-state index contributed by atoms with van der Waals surface area (Å²) >= 11 is 1.78. The largest absolute Gasteiger partial charge is 0.346 e. The van der Waals surface area contributed by atoms with E-state index >= 15 is 0 Å². The third-order valence-corrected chi connectivity index (χ3v) is 4.70. The SMILES string of the molecule is CSCCC(NC(=O)C1CCC1)c1nnc2ccccn12. The molecule has 1 aliphatic rings. The van der Waals surface area contributed by atoms with E-state index < -0.39 is 0 Å². The maximum absolute atomic E-state index is 12.3. The molecule has 0 radical (unpaired) electrons. The van der Waals surface area contributed by atoms with Crippen LogP contribution in [-0.2, 0) is 4.79 Å². The smallest absolute Gasteiger partial charge is 0.223 e. The van der Waals surface area contributed by atoms with Crippen LogP contribution in [0.3, 0.4) is 0 Å². The number of nitrogens with one attached hydrogen (secondary N) is 1. The summed E-state index contributed by atoms with van der Waals surface area (Å²) in [6, 6.07) is 5.76. The normalized spacial score (nSPS) is 16.6. The van der Waals surface area contributed by atoms with E-state index in [0.29, 0.717) is 0 Å². The molecule has 112 valence electrons. The molecular weight excluding hydrogens is 284 g/mol. The van der Waals surface area contributed by atoms with Gasteiger partial charge in [0.1, 0.15) is 0 Å². The van der Waals surface area contributed by atoms with Crippen LogP contribution in [0.5, 0.6) is 0 Å². The molecule has 0 aliphatic heterocycles. The quantitative estimate of drug-likeness (QED) is 0.890. The van der Waals surface area contributed by atoms with Crippen LogP contribution in [0, 0.1) is 5.92 Å². The fourth-order valence-electron chi connectivity index (χ4n) is 2.56. The first-order valence-corrected chi connectivity index (χ1v) is 8.78. The van der Waals surface area contributed by atoms with Crippen molar-refractivity contribution in [2.45, 2.75) is 31.7 Å². The van der Waals surface area contributed by atoms with Gasteiger partial charge in [0.25, 0.3) is 0 Å². The van der Waals surface area contributed by atoms with Gasteiger partial charge in [-0.3, -0.25) is 9.20 Å². The molecule has 0 spiro atoms. The van der Waals surface area contributed by atoms with Crippen LogP contribution in [0.2, 0.25) is 0 Å². The van der Waals surface area contributed by atoms with E-state index in [4.69, 9.17) is 0 Å². The molecule has 21 heavy (non-hydrogen) atoms. The maximum atomic E-state index is 12.3. The topological polar surface area (TPSA) is 59.3 Å². The molecule has 0 aromatic carbocycles. The van der Waals surface area contributed by atoms with Gasteiger partial charge in [0.05, 0.1) is 6.04 Å². The minimum Gasteiger partial charge on any atom is -0.346 e. The molecule has 1 fully saturated rings. The number of carbonyl (C=O) groups excluding carboxylic acids is 1. The third-order valence-electron chi connectivity index (χ3n) is 4.05. The molecule has 1 unspecified atom stereocenters. The fourth-order valence-corrected chi connectivity index (χ4v) is 3.03. The highest BCUT2D eigenvalue weighted by Crippen LogP contribution is 2.28. The van der Waals surface area contributed by atoms with E-state index in [-0.39, 0.29) is 17.9 Å². The van der Waals surface area contributed by atoms with Gasteiger partial charge in [-0.1, -0.05) is 12.5 Å². The second-order valence-electron chi connectivity index (χ2n) is 5.46. The predicted octanol–water partition coefficient (Wildman–Crippen LogP) is 2.44. The van der Waals surface area contributed by atoms with Crippen LogP contribution in [-0.4, -0.2) is 32.5 Å². The Morgan fingerprint density at radius 1 is 1.48 bits per heavy atom. The molecule has 1 amide bonds. The van der Waals surface area contributed by atoms with E-state index in [1.54, 1.807) is 11.8 Å². The van der Waals surface area contributed by atoms with Crippen LogP contribution in [0.1, 0.15) is 37.5 Å². The van der Waals surface area contributed by atoms with Crippen molar-refractivity contribution in [3.8, 4) is 0 Å². The number of fused-ring (bicyclic) bond motifs is 1. The molecule has 6 heteroatoms. The Hall–Kier alpha value is -1.56. The zero-order chi connectivity index (χ0) is 14.7. The Kier molecular flexibility index (Phi) is 4.43. The second-order valence-corrected chi connectivity index (χ2v) is 6.44. The summed E-state index contributed by atoms with van der Waals surface area (Å²) in [5.41, 5.74) is 0.819. The van der Waals surface area contributed by atoms with E-state index in [2.05, 4.69) is 21.8 Å². The highest BCUT2D eigenvalue weighted by atomic mass is 32.2. The Morgan fingerprint density at radius 2 is 2.33 bits per heavy atom. The lowest BCUT2D eigenvalue weighted by Crippen LogP contribution is -2.37. The van der Waals surface area contributed by atoms with E-state index in [1.807, 2.05) is 28.8 Å². The standard InChI is InChI=1S/C15H20N4OS/c1-21-10-8-12(16-15(20)11-5-4-6-11)14-18-17-13-7-2-3-9-19(13)14/h2-3,7,9,11-12H,4-6,8,10H2,1H3,(H,16,20). The van der Waals surface area contributed by atoms with Gasteiger partial charge in [-0.2, -0.15) is 11.8 Å². The monoisotopic (exact) mass is 304 g/mol. The van der Waals surface area contributed by atoms with Crippen LogP contribution in [0.15, 0.2) is 24.4 Å². The molecule has 1 saturated carbocycles. The lowest BCUT2D eigenvalue weighted by Gasteiger charge is -2.26. The van der Waals surface area contributed by atoms with Crippen molar-refractivity contribution in [3.05, 3.63) is 30.2 Å². The lowest BCUT2D eigenvalue weighted by atomic mass is 9.84. The number of nitrogens with zero attached hydrogens (tertiary/aromatic N) is 3. The van der Waals surface area contributed by atoms with Gasteiger partial charge in [-0.05, 0) is 43.4 Å². The zero-order valence-electron chi connectivity index (χ0n) is 12.2. The third kappa shape index (κ3) is 3.05. The zero-order valence-corrected chi connectivity index (χ0v) is 13.0. The summed E-state index contributed by atoms with van der Waals surface area (Å²) < 4.78 is 1.96. The lowest BCUT2D eigenvalue weighted by molar-refractivity contribution is -0.128. The number of hydrogen-bond acceptors (Lipinski definition) is 4. The molecule has 0 saturated heterocycles. The molecule has 2 aromatic rings. The van der Waals surface area contributed by atoms with E-state index in [9.17, 15) is 4.79 Å². The van der Waals surface area contributed by atoms with Gasteiger partial charge in [0.15, 0.2) is 11.5 Å². The minimum atomic E-state index is -0.0667. The van der Waals surface area contributed by atoms with Crippen molar-refractivity contribution in [3.63, 3.8) is 0 Å². The van der Waals surface area contributed by atoms with Crippen molar-refractivity contribution >= 4 is 23.3 Å². The van der Waals surface area contributed by atoms with Crippen molar-refractivity contribution in [1.29, 1.82) is 0 Å². The van der Waals surface area contributed by atoms with Crippen molar-refractivity contribution in [1.82, 2.24) is 19.9 Å². The van der Waals surface area contributed by atoms with E-state index in [1.165, 1.54) is 6.42 Å². The minimum absolute atomic E-state index is 0.0667. The summed E-state index contributed by atoms with van der Waals surface area (Å²) in [7, 11) is 0. The van der Waals surface area contributed by atoms with Crippen LogP contribution < -0.4 is 5.32 Å². The first kappa shape index (κ1) is 14.4. The van der Waals surface area contributed by atoms with Gasteiger partial charge in [0.2, 0.25) is 5.91 Å². The first-order chi connectivity index (χ1) is 10.3. The summed E-state index contributed by atoms with van der Waals surface area (Å²) in [5, 5.41) is 11.7. The van der Waals surface area contributed by atoms with Gasteiger partial charge in [0, 0.05) is 12.1 Å². The van der Waals surface area contributed by atoms with Gasteiger partial charge >= 0.3 is 0 Å². The molecular formula is C15H20N4OS. The average Bonchev–Trinajstić information content (AvgIpc) is 2.85. The summed E-state index contributed by atoms with van der Waals surface area (Å²) in [4.78, 5) is 12.3. The van der Waals surface area contributed by atoms with Crippen LogP contribution in [0.4, 0.5) is 0 Å². The number of thioether (sulfide) groups is 1. The Bertz CT molecular complexity index is 623. The Labute approximate surface area is 128 Å². The highest BCUT2D eigenvalue weighted by Gasteiger charge is 2.28. The van der Waals surface area contributed by atoms with Crippen LogP contribution >= 0.6 is 11.8 Å².